The minimum atomic E-state index is -3.91. The molecule has 2 aromatic carbocycles. The fourth-order valence-electron chi connectivity index (χ4n) is 2.19. The molecule has 8 heteroatoms. The second-order valence-corrected chi connectivity index (χ2v) is 7.51. The van der Waals surface area contributed by atoms with Crippen molar-refractivity contribution in [1.29, 1.82) is 5.26 Å². The molecule has 0 aliphatic rings. The highest BCUT2D eigenvalue weighted by Crippen LogP contribution is 2.24. The average Bonchev–Trinajstić information content (AvgIpc) is 2.60. The van der Waals surface area contributed by atoms with Crippen molar-refractivity contribution in [3.05, 3.63) is 64.4 Å². The van der Waals surface area contributed by atoms with Crippen molar-refractivity contribution >= 4 is 21.6 Å². The Hall–Kier alpha value is -1.98. The fraction of sp³-hybridized carbons (Fsp3) is 0.235. The zero-order chi connectivity index (χ0) is 18.4. The normalized spacial score (nSPS) is 11.5. The highest BCUT2D eigenvalue weighted by molar-refractivity contribution is 7.89. The van der Waals surface area contributed by atoms with Crippen LogP contribution in [0.25, 0.3) is 0 Å². The van der Waals surface area contributed by atoms with Crippen LogP contribution in [0.3, 0.4) is 0 Å². The lowest BCUT2D eigenvalue weighted by Gasteiger charge is -2.23. The Morgan fingerprint density at radius 1 is 1.24 bits per heavy atom. The number of nitriles is 1. The van der Waals surface area contributed by atoms with Gasteiger partial charge in [0, 0.05) is 30.8 Å². The molecule has 0 bridgehead atoms. The maximum absolute atomic E-state index is 14.0. The summed E-state index contributed by atoms with van der Waals surface area (Å²) in [6, 6.07) is 11.6. The van der Waals surface area contributed by atoms with E-state index in [1.807, 2.05) is 6.07 Å². The standard InChI is InChI=1S/C17H16ClFN2O3S/c1-24-10-9-21(12-15-16(18)3-2-4-17(15)19)25(22,23)14-7-5-13(11-20)6-8-14/h2-8H,9-10,12H2,1H3. The van der Waals surface area contributed by atoms with E-state index < -0.39 is 15.8 Å². The lowest BCUT2D eigenvalue weighted by Crippen LogP contribution is -2.34. The van der Waals surface area contributed by atoms with Gasteiger partial charge in [0.1, 0.15) is 5.82 Å². The Bertz CT molecular complexity index is 860. The van der Waals surface area contributed by atoms with Crippen LogP contribution in [-0.4, -0.2) is 33.0 Å². The first-order chi connectivity index (χ1) is 11.9. The summed E-state index contributed by atoms with van der Waals surface area (Å²) in [4.78, 5) is 0.00932. The SMILES string of the molecule is COCCN(Cc1c(F)cccc1Cl)S(=O)(=O)c1ccc(C#N)cc1. The van der Waals surface area contributed by atoms with E-state index in [2.05, 4.69) is 0 Å². The van der Waals surface area contributed by atoms with Crippen LogP contribution < -0.4 is 0 Å². The van der Waals surface area contributed by atoms with Gasteiger partial charge in [-0.1, -0.05) is 17.7 Å². The number of ether oxygens (including phenoxy) is 1. The topological polar surface area (TPSA) is 70.4 Å². The van der Waals surface area contributed by atoms with E-state index in [0.29, 0.717) is 5.56 Å². The van der Waals surface area contributed by atoms with E-state index in [1.54, 1.807) is 0 Å². The van der Waals surface area contributed by atoms with Gasteiger partial charge in [-0.2, -0.15) is 9.57 Å². The minimum absolute atomic E-state index is 0.00932. The monoisotopic (exact) mass is 382 g/mol. The predicted octanol–water partition coefficient (Wildman–Crippen LogP) is 3.19. The van der Waals surface area contributed by atoms with Crippen LogP contribution in [-0.2, 0) is 21.3 Å². The van der Waals surface area contributed by atoms with E-state index in [9.17, 15) is 12.8 Å². The summed E-state index contributed by atoms with van der Waals surface area (Å²) in [6.45, 7) is -0.0533. The molecule has 0 aliphatic carbocycles. The number of halogens is 2. The molecule has 0 aliphatic heterocycles. The first-order valence-corrected chi connectivity index (χ1v) is 9.14. The molecular formula is C17H16ClFN2O3S. The number of benzene rings is 2. The molecule has 132 valence electrons. The van der Waals surface area contributed by atoms with Gasteiger partial charge in [0.2, 0.25) is 10.0 Å². The van der Waals surface area contributed by atoms with Crippen molar-refractivity contribution in [2.24, 2.45) is 0 Å². The number of nitrogens with zero attached hydrogens (tertiary/aromatic N) is 2. The van der Waals surface area contributed by atoms with Crippen molar-refractivity contribution in [2.75, 3.05) is 20.3 Å². The molecule has 0 aromatic heterocycles. The van der Waals surface area contributed by atoms with Crippen LogP contribution in [0.1, 0.15) is 11.1 Å². The summed E-state index contributed by atoms with van der Waals surface area (Å²) in [5, 5.41) is 8.98. The van der Waals surface area contributed by atoms with Gasteiger partial charge in [-0.05, 0) is 36.4 Å². The molecule has 2 rings (SSSR count). The third-order valence-corrected chi connectivity index (χ3v) is 5.78. The van der Waals surface area contributed by atoms with E-state index in [4.69, 9.17) is 21.6 Å². The molecule has 0 fully saturated rings. The quantitative estimate of drug-likeness (QED) is 0.737. The number of hydrogen-bond donors (Lipinski definition) is 0. The van der Waals surface area contributed by atoms with Gasteiger partial charge in [0.25, 0.3) is 0 Å². The molecule has 0 amide bonds. The Morgan fingerprint density at radius 3 is 2.48 bits per heavy atom. The van der Waals surface area contributed by atoms with Gasteiger partial charge in [-0.15, -0.1) is 0 Å². The highest BCUT2D eigenvalue weighted by atomic mass is 35.5. The van der Waals surface area contributed by atoms with Crippen molar-refractivity contribution in [2.45, 2.75) is 11.4 Å². The van der Waals surface area contributed by atoms with Crippen molar-refractivity contribution < 1.29 is 17.5 Å². The molecule has 5 nitrogen and oxygen atoms in total. The van der Waals surface area contributed by atoms with Crippen LogP contribution in [0.15, 0.2) is 47.4 Å². The lowest BCUT2D eigenvalue weighted by molar-refractivity contribution is 0.177. The molecule has 0 unspecified atom stereocenters. The maximum Gasteiger partial charge on any atom is 0.243 e. The zero-order valence-electron chi connectivity index (χ0n) is 13.4. The Morgan fingerprint density at radius 2 is 1.92 bits per heavy atom. The van der Waals surface area contributed by atoms with Crippen molar-refractivity contribution in [1.82, 2.24) is 4.31 Å². The highest BCUT2D eigenvalue weighted by Gasteiger charge is 2.26. The molecule has 0 saturated carbocycles. The third kappa shape index (κ3) is 4.55. The van der Waals surface area contributed by atoms with E-state index >= 15 is 0 Å². The maximum atomic E-state index is 14.0. The Kier molecular flexibility index (Phi) is 6.51. The molecule has 25 heavy (non-hydrogen) atoms. The molecule has 0 N–H and O–H groups in total. The summed E-state index contributed by atoms with van der Waals surface area (Å²) in [5.74, 6) is -0.579. The summed E-state index contributed by atoms with van der Waals surface area (Å²) < 4.78 is 45.9. The number of rotatable bonds is 7. The second-order valence-electron chi connectivity index (χ2n) is 5.17. The molecule has 0 radical (unpaired) electrons. The fourth-order valence-corrected chi connectivity index (χ4v) is 3.80. The molecule has 0 spiro atoms. The third-order valence-electron chi connectivity index (χ3n) is 3.56. The van der Waals surface area contributed by atoms with Gasteiger partial charge >= 0.3 is 0 Å². The summed E-state index contributed by atoms with van der Waals surface area (Å²) in [6.07, 6.45) is 0. The van der Waals surface area contributed by atoms with Gasteiger partial charge in [0.05, 0.1) is 23.1 Å². The zero-order valence-corrected chi connectivity index (χ0v) is 15.0. The smallest absolute Gasteiger partial charge is 0.243 e. The van der Waals surface area contributed by atoms with Gasteiger partial charge in [0.15, 0.2) is 0 Å². The first kappa shape index (κ1) is 19.3. The minimum Gasteiger partial charge on any atom is -0.383 e. The Labute approximate surface area is 151 Å². The second kappa shape index (κ2) is 8.41. The molecule has 0 atom stereocenters. The molecular weight excluding hydrogens is 367 g/mol. The van der Waals surface area contributed by atoms with Gasteiger partial charge < -0.3 is 4.74 Å². The van der Waals surface area contributed by atoms with Gasteiger partial charge in [-0.25, -0.2) is 12.8 Å². The van der Waals surface area contributed by atoms with Crippen LogP contribution in [0, 0.1) is 17.1 Å². The average molecular weight is 383 g/mol. The Balaban J connectivity index is 2.39. The van der Waals surface area contributed by atoms with E-state index in [1.165, 1.54) is 49.6 Å². The van der Waals surface area contributed by atoms with Crippen LogP contribution >= 0.6 is 11.6 Å². The van der Waals surface area contributed by atoms with Crippen LogP contribution in [0.4, 0.5) is 4.39 Å². The number of sulfonamides is 1. The molecule has 2 aromatic rings. The summed E-state index contributed by atoms with van der Waals surface area (Å²) in [7, 11) is -2.46. The van der Waals surface area contributed by atoms with E-state index in [-0.39, 0.29) is 35.2 Å². The lowest BCUT2D eigenvalue weighted by atomic mass is 10.2. The van der Waals surface area contributed by atoms with Crippen LogP contribution in [0.2, 0.25) is 5.02 Å². The predicted molar refractivity (Wildman–Crippen MR) is 92.0 cm³/mol. The van der Waals surface area contributed by atoms with Crippen molar-refractivity contribution in [3.8, 4) is 6.07 Å². The summed E-state index contributed by atoms with van der Waals surface area (Å²) >= 11 is 6.01. The van der Waals surface area contributed by atoms with Crippen molar-refractivity contribution in [3.63, 3.8) is 0 Å². The van der Waals surface area contributed by atoms with Crippen LogP contribution in [0.5, 0.6) is 0 Å². The summed E-state index contributed by atoms with van der Waals surface area (Å²) in [5.41, 5.74) is 0.442. The van der Waals surface area contributed by atoms with E-state index in [0.717, 1.165) is 4.31 Å². The molecule has 0 saturated heterocycles. The largest absolute Gasteiger partial charge is 0.383 e. The number of methoxy groups -OCH3 is 1. The number of hydrogen-bond acceptors (Lipinski definition) is 4. The first-order valence-electron chi connectivity index (χ1n) is 7.32. The molecule has 0 heterocycles. The van der Waals surface area contributed by atoms with Gasteiger partial charge in [-0.3, -0.25) is 0 Å².